The maximum absolute atomic E-state index is 14.3. The maximum atomic E-state index is 14.3. The predicted molar refractivity (Wildman–Crippen MR) is 69.5 cm³/mol. The Morgan fingerprint density at radius 1 is 1.37 bits per heavy atom. The van der Waals surface area contributed by atoms with Crippen LogP contribution in [-0.2, 0) is 11.2 Å². The topological polar surface area (TPSA) is 32.7 Å². The number of halogens is 2. The Labute approximate surface area is 111 Å². The number of aliphatic hydroxyl groups is 1. The van der Waals surface area contributed by atoms with Crippen LogP contribution in [0.2, 0.25) is 0 Å². The predicted octanol–water partition coefficient (Wildman–Crippen LogP) is 2.43. The quantitative estimate of drug-likeness (QED) is 0.913. The minimum Gasteiger partial charge on any atom is -0.387 e. The number of aliphatic hydroxyl groups excluding tert-OH is 1. The third-order valence-corrected chi connectivity index (χ3v) is 3.94. The van der Waals surface area contributed by atoms with Crippen molar-refractivity contribution in [3.05, 3.63) is 29.8 Å². The smallest absolute Gasteiger partial charge is 0.319 e. The van der Waals surface area contributed by atoms with Crippen LogP contribution < -0.4 is 4.90 Å². The number of rotatable bonds is 4. The van der Waals surface area contributed by atoms with Crippen LogP contribution in [0, 0.1) is 0 Å². The zero-order valence-electron chi connectivity index (χ0n) is 11.4. The molecule has 0 aliphatic carbocycles. The highest BCUT2D eigenvalue weighted by Crippen LogP contribution is 2.43. The highest BCUT2D eigenvalue weighted by molar-refractivity contribution is 5.59. The minimum atomic E-state index is -3.38. The number of para-hydroxylation sites is 1. The van der Waals surface area contributed by atoms with E-state index in [1.165, 1.54) is 18.9 Å². The van der Waals surface area contributed by atoms with Crippen molar-refractivity contribution in [1.29, 1.82) is 0 Å². The van der Waals surface area contributed by atoms with Crippen LogP contribution >= 0.6 is 0 Å². The van der Waals surface area contributed by atoms with Crippen LogP contribution in [0.4, 0.5) is 14.5 Å². The van der Waals surface area contributed by atoms with Gasteiger partial charge in [0, 0.05) is 19.3 Å². The Kier molecular flexibility index (Phi) is 3.53. The van der Waals surface area contributed by atoms with E-state index in [0.717, 1.165) is 18.2 Å². The normalized spacial score (nSPS) is 20.0. The molecule has 5 heteroatoms. The first-order valence-electron chi connectivity index (χ1n) is 6.31. The van der Waals surface area contributed by atoms with Crippen LogP contribution in [-0.4, -0.2) is 36.5 Å². The SMILES string of the molecule is COC(C)(N1CCc2ccccc21)C(F)(F)C(C)O. The third-order valence-electron chi connectivity index (χ3n) is 3.94. The van der Waals surface area contributed by atoms with Gasteiger partial charge in [-0.15, -0.1) is 0 Å². The Balaban J connectivity index is 2.44. The first kappa shape index (κ1) is 14.2. The molecule has 0 radical (unpaired) electrons. The molecule has 1 N–H and O–H groups in total. The van der Waals surface area contributed by atoms with Crippen LogP contribution in [0.1, 0.15) is 19.4 Å². The summed E-state index contributed by atoms with van der Waals surface area (Å²) in [5, 5.41) is 9.40. The summed E-state index contributed by atoms with van der Waals surface area (Å²) >= 11 is 0. The molecule has 0 fully saturated rings. The van der Waals surface area contributed by atoms with Crippen molar-refractivity contribution < 1.29 is 18.6 Å². The summed E-state index contributed by atoms with van der Waals surface area (Å²) in [5.41, 5.74) is -0.104. The average molecular weight is 271 g/mol. The number of alkyl halides is 2. The second kappa shape index (κ2) is 4.72. The molecule has 1 aliphatic heterocycles. The fourth-order valence-electron chi connectivity index (χ4n) is 2.60. The van der Waals surface area contributed by atoms with Gasteiger partial charge in [-0.2, -0.15) is 8.78 Å². The van der Waals surface area contributed by atoms with Gasteiger partial charge in [0.2, 0.25) is 5.72 Å². The van der Waals surface area contributed by atoms with Gasteiger partial charge in [0.15, 0.2) is 0 Å². The lowest BCUT2D eigenvalue weighted by Crippen LogP contribution is -2.63. The van der Waals surface area contributed by atoms with E-state index in [9.17, 15) is 13.9 Å². The molecule has 0 aromatic heterocycles. The molecule has 1 aromatic carbocycles. The first-order valence-corrected chi connectivity index (χ1v) is 6.31. The van der Waals surface area contributed by atoms with Crippen molar-refractivity contribution in [3.8, 4) is 0 Å². The van der Waals surface area contributed by atoms with Crippen molar-refractivity contribution in [3.63, 3.8) is 0 Å². The molecule has 0 amide bonds. The minimum absolute atomic E-state index is 0.450. The fourth-order valence-corrected chi connectivity index (χ4v) is 2.60. The molecule has 0 saturated carbocycles. The highest BCUT2D eigenvalue weighted by Gasteiger charge is 2.58. The summed E-state index contributed by atoms with van der Waals surface area (Å²) < 4.78 is 33.8. The summed E-state index contributed by atoms with van der Waals surface area (Å²) in [6.07, 6.45) is -1.09. The zero-order chi connectivity index (χ0) is 14.3. The maximum Gasteiger partial charge on any atom is 0.319 e. The molecule has 1 aliphatic rings. The Bertz CT molecular complexity index is 465. The van der Waals surface area contributed by atoms with Gasteiger partial charge in [0.1, 0.15) is 6.10 Å². The van der Waals surface area contributed by atoms with E-state index < -0.39 is 17.8 Å². The molecular weight excluding hydrogens is 252 g/mol. The van der Waals surface area contributed by atoms with E-state index in [1.807, 2.05) is 18.2 Å². The van der Waals surface area contributed by atoms with Gasteiger partial charge in [-0.3, -0.25) is 0 Å². The molecule has 0 bridgehead atoms. The molecule has 106 valence electrons. The van der Waals surface area contributed by atoms with Crippen LogP contribution in [0.15, 0.2) is 24.3 Å². The number of hydrogen-bond donors (Lipinski definition) is 1. The molecular formula is C14H19F2NO2. The van der Waals surface area contributed by atoms with Gasteiger partial charge in [0.05, 0.1) is 0 Å². The zero-order valence-corrected chi connectivity index (χ0v) is 11.4. The van der Waals surface area contributed by atoms with E-state index in [0.29, 0.717) is 13.0 Å². The molecule has 2 unspecified atom stereocenters. The van der Waals surface area contributed by atoms with Crippen LogP contribution in [0.3, 0.4) is 0 Å². The van der Waals surface area contributed by atoms with Crippen molar-refractivity contribution in [2.75, 3.05) is 18.6 Å². The van der Waals surface area contributed by atoms with Gasteiger partial charge in [0.25, 0.3) is 0 Å². The number of fused-ring (bicyclic) bond motifs is 1. The summed E-state index contributed by atoms with van der Waals surface area (Å²) in [4.78, 5) is 1.54. The average Bonchev–Trinajstić information content (AvgIpc) is 2.81. The van der Waals surface area contributed by atoms with Gasteiger partial charge in [-0.25, -0.2) is 0 Å². The van der Waals surface area contributed by atoms with E-state index >= 15 is 0 Å². The summed E-state index contributed by atoms with van der Waals surface area (Å²) in [6, 6.07) is 7.43. The van der Waals surface area contributed by atoms with Crippen LogP contribution in [0.5, 0.6) is 0 Å². The summed E-state index contributed by atoms with van der Waals surface area (Å²) in [7, 11) is 1.25. The number of anilines is 1. The molecule has 19 heavy (non-hydrogen) atoms. The van der Waals surface area contributed by atoms with Crippen molar-refractivity contribution >= 4 is 5.69 Å². The summed E-state index contributed by atoms with van der Waals surface area (Å²) in [5.74, 6) is -3.38. The number of methoxy groups -OCH3 is 1. The standard InChI is InChI=1S/C14H19F2NO2/c1-10(18)14(15,16)13(2,19-3)17-9-8-11-6-4-5-7-12(11)17/h4-7,10,18H,8-9H2,1-3H3. The van der Waals surface area contributed by atoms with Gasteiger partial charge in [-0.05, 0) is 31.9 Å². The Morgan fingerprint density at radius 3 is 2.58 bits per heavy atom. The van der Waals surface area contributed by atoms with E-state index in [1.54, 1.807) is 6.07 Å². The molecule has 1 heterocycles. The third kappa shape index (κ3) is 2.01. The molecule has 2 rings (SSSR count). The second-order valence-corrected chi connectivity index (χ2v) is 5.02. The van der Waals surface area contributed by atoms with Crippen molar-refractivity contribution in [2.45, 2.75) is 38.0 Å². The lowest BCUT2D eigenvalue weighted by Gasteiger charge is -2.45. The lowest BCUT2D eigenvalue weighted by molar-refractivity contribution is -0.229. The number of nitrogens with zero attached hydrogens (tertiary/aromatic N) is 1. The largest absolute Gasteiger partial charge is 0.387 e. The second-order valence-electron chi connectivity index (χ2n) is 5.02. The number of hydrogen-bond acceptors (Lipinski definition) is 3. The molecule has 0 spiro atoms. The number of benzene rings is 1. The van der Waals surface area contributed by atoms with E-state index in [4.69, 9.17) is 4.74 Å². The molecule has 0 saturated heterocycles. The van der Waals surface area contributed by atoms with Crippen molar-refractivity contribution in [1.82, 2.24) is 0 Å². The van der Waals surface area contributed by atoms with Crippen molar-refractivity contribution in [2.24, 2.45) is 0 Å². The van der Waals surface area contributed by atoms with Gasteiger partial charge >= 0.3 is 5.92 Å². The lowest BCUT2D eigenvalue weighted by atomic mass is 10.00. The van der Waals surface area contributed by atoms with E-state index in [2.05, 4.69) is 0 Å². The first-order chi connectivity index (χ1) is 8.84. The molecule has 1 aromatic rings. The fraction of sp³-hybridized carbons (Fsp3) is 0.571. The van der Waals surface area contributed by atoms with Crippen LogP contribution in [0.25, 0.3) is 0 Å². The molecule has 3 nitrogen and oxygen atoms in total. The monoisotopic (exact) mass is 271 g/mol. The summed E-state index contributed by atoms with van der Waals surface area (Å²) in [6.45, 7) is 2.85. The van der Waals surface area contributed by atoms with Gasteiger partial charge in [-0.1, -0.05) is 18.2 Å². The van der Waals surface area contributed by atoms with Gasteiger partial charge < -0.3 is 14.7 Å². The number of ether oxygens (including phenoxy) is 1. The Morgan fingerprint density at radius 2 is 2.00 bits per heavy atom. The molecule has 2 atom stereocenters. The highest BCUT2D eigenvalue weighted by atomic mass is 19.3. The van der Waals surface area contributed by atoms with E-state index in [-0.39, 0.29) is 0 Å². The Hall–Kier alpha value is -1.20.